The van der Waals surface area contributed by atoms with E-state index in [1.54, 1.807) is 0 Å². The molecular weight excluding hydrogens is 272 g/mol. The van der Waals surface area contributed by atoms with Crippen LogP contribution in [0.3, 0.4) is 0 Å². The van der Waals surface area contributed by atoms with Crippen LogP contribution in [0.4, 0.5) is 0 Å². The summed E-state index contributed by atoms with van der Waals surface area (Å²) in [5.41, 5.74) is 2.41. The fourth-order valence-corrected chi connectivity index (χ4v) is 2.93. The molecule has 2 rings (SSSR count). The fraction of sp³-hybridized carbons (Fsp3) is 0.647. The molecule has 20 heavy (non-hydrogen) atoms. The maximum Gasteiger partial charge on any atom is 0.126 e. The van der Waals surface area contributed by atoms with Crippen LogP contribution in [-0.4, -0.2) is 18.8 Å². The van der Waals surface area contributed by atoms with Crippen molar-refractivity contribution in [2.24, 2.45) is 0 Å². The van der Waals surface area contributed by atoms with Crippen LogP contribution < -0.4 is 4.74 Å². The van der Waals surface area contributed by atoms with Gasteiger partial charge in [0.2, 0.25) is 0 Å². The van der Waals surface area contributed by atoms with Crippen LogP contribution in [0.25, 0.3) is 0 Å². The first-order chi connectivity index (χ1) is 9.43. The summed E-state index contributed by atoms with van der Waals surface area (Å²) < 4.78 is 11.5. The zero-order chi connectivity index (χ0) is 14.9. The molecule has 0 aliphatic carbocycles. The van der Waals surface area contributed by atoms with E-state index in [0.29, 0.717) is 30.7 Å². The van der Waals surface area contributed by atoms with E-state index in [1.165, 1.54) is 11.1 Å². The van der Waals surface area contributed by atoms with Gasteiger partial charge in [0.1, 0.15) is 5.75 Å². The SMILES string of the molecule is CCOc1c(C(C)C)cc(Cl)cc1C(C)CC1OC1C. The molecule has 1 saturated heterocycles. The molecule has 0 amide bonds. The summed E-state index contributed by atoms with van der Waals surface area (Å²) in [6.45, 7) is 11.4. The molecule has 0 bridgehead atoms. The zero-order valence-electron chi connectivity index (χ0n) is 13.1. The van der Waals surface area contributed by atoms with E-state index in [2.05, 4.69) is 33.8 Å². The Hall–Kier alpha value is -0.730. The molecule has 1 heterocycles. The number of ether oxygens (including phenoxy) is 2. The summed E-state index contributed by atoms with van der Waals surface area (Å²) in [7, 11) is 0. The molecule has 0 aromatic heterocycles. The molecule has 112 valence electrons. The molecule has 1 aromatic rings. The van der Waals surface area contributed by atoms with Gasteiger partial charge in [-0.1, -0.05) is 32.4 Å². The molecular formula is C17H25ClO2. The van der Waals surface area contributed by atoms with Crippen molar-refractivity contribution < 1.29 is 9.47 Å². The predicted molar refractivity (Wildman–Crippen MR) is 84.1 cm³/mol. The van der Waals surface area contributed by atoms with Gasteiger partial charge in [-0.05, 0) is 55.4 Å². The smallest absolute Gasteiger partial charge is 0.126 e. The van der Waals surface area contributed by atoms with Gasteiger partial charge in [-0.25, -0.2) is 0 Å². The third-order valence-electron chi connectivity index (χ3n) is 3.98. The Kier molecular flexibility index (Phi) is 4.98. The van der Waals surface area contributed by atoms with Crippen molar-refractivity contribution in [1.82, 2.24) is 0 Å². The highest BCUT2D eigenvalue weighted by Crippen LogP contribution is 2.41. The minimum atomic E-state index is 0.390. The van der Waals surface area contributed by atoms with Gasteiger partial charge in [-0.2, -0.15) is 0 Å². The lowest BCUT2D eigenvalue weighted by atomic mass is 9.90. The first-order valence-corrected chi connectivity index (χ1v) is 7.93. The van der Waals surface area contributed by atoms with Crippen LogP contribution in [0.2, 0.25) is 5.02 Å². The van der Waals surface area contributed by atoms with Gasteiger partial charge in [0.15, 0.2) is 0 Å². The molecule has 3 unspecified atom stereocenters. The Balaban J connectivity index is 2.33. The lowest BCUT2D eigenvalue weighted by Crippen LogP contribution is -2.07. The van der Waals surface area contributed by atoms with Crippen molar-refractivity contribution in [3.63, 3.8) is 0 Å². The number of halogens is 1. The first-order valence-electron chi connectivity index (χ1n) is 7.55. The van der Waals surface area contributed by atoms with E-state index in [1.807, 2.05) is 13.0 Å². The van der Waals surface area contributed by atoms with E-state index in [0.717, 1.165) is 17.2 Å². The Bertz CT molecular complexity index is 470. The maximum atomic E-state index is 6.30. The van der Waals surface area contributed by atoms with Crippen LogP contribution in [0.5, 0.6) is 5.75 Å². The van der Waals surface area contributed by atoms with Gasteiger partial charge < -0.3 is 9.47 Å². The largest absolute Gasteiger partial charge is 0.493 e. The topological polar surface area (TPSA) is 21.8 Å². The van der Waals surface area contributed by atoms with Crippen molar-refractivity contribution in [2.75, 3.05) is 6.61 Å². The van der Waals surface area contributed by atoms with Gasteiger partial charge in [0.05, 0.1) is 18.8 Å². The standard InChI is InChI=1S/C17H25ClO2/c1-6-19-17-14(10(2)3)8-13(18)9-15(17)11(4)7-16-12(5)20-16/h8-12,16H,6-7H2,1-5H3. The van der Waals surface area contributed by atoms with Crippen molar-refractivity contribution in [1.29, 1.82) is 0 Å². The molecule has 2 nitrogen and oxygen atoms in total. The average molecular weight is 297 g/mol. The van der Waals surface area contributed by atoms with Crippen molar-refractivity contribution in [3.05, 3.63) is 28.3 Å². The molecule has 1 aromatic carbocycles. The number of hydrogen-bond acceptors (Lipinski definition) is 2. The summed E-state index contributed by atoms with van der Waals surface area (Å²) in [6, 6.07) is 4.08. The highest BCUT2D eigenvalue weighted by Gasteiger charge is 2.36. The molecule has 3 atom stereocenters. The third kappa shape index (κ3) is 3.48. The molecule has 1 aliphatic rings. The zero-order valence-corrected chi connectivity index (χ0v) is 13.8. The van der Waals surface area contributed by atoms with Crippen LogP contribution in [0.1, 0.15) is 64.0 Å². The second-order valence-electron chi connectivity index (χ2n) is 6.02. The van der Waals surface area contributed by atoms with Crippen molar-refractivity contribution in [3.8, 4) is 5.75 Å². The third-order valence-corrected chi connectivity index (χ3v) is 4.19. The fourth-order valence-electron chi connectivity index (χ4n) is 2.70. The van der Waals surface area contributed by atoms with Crippen molar-refractivity contribution in [2.45, 2.75) is 65.1 Å². The summed E-state index contributed by atoms with van der Waals surface area (Å²) >= 11 is 6.30. The number of hydrogen-bond donors (Lipinski definition) is 0. The lowest BCUT2D eigenvalue weighted by molar-refractivity contribution is 0.325. The molecule has 3 heteroatoms. The lowest BCUT2D eigenvalue weighted by Gasteiger charge is -2.21. The van der Waals surface area contributed by atoms with E-state index in [4.69, 9.17) is 21.1 Å². The molecule has 1 aliphatic heterocycles. The summed E-state index contributed by atoms with van der Waals surface area (Å²) in [5, 5.41) is 0.795. The minimum Gasteiger partial charge on any atom is -0.493 e. The van der Waals surface area contributed by atoms with Crippen LogP contribution >= 0.6 is 11.6 Å². The summed E-state index contributed by atoms with van der Waals surface area (Å²) in [6.07, 6.45) is 1.82. The van der Waals surface area contributed by atoms with Gasteiger partial charge in [0, 0.05) is 5.02 Å². The van der Waals surface area contributed by atoms with Crippen LogP contribution in [0, 0.1) is 0 Å². The molecule has 1 fully saturated rings. The van der Waals surface area contributed by atoms with Crippen LogP contribution in [0.15, 0.2) is 12.1 Å². The Morgan fingerprint density at radius 3 is 2.35 bits per heavy atom. The highest BCUT2D eigenvalue weighted by molar-refractivity contribution is 6.30. The maximum absolute atomic E-state index is 6.30. The molecule has 0 spiro atoms. The number of benzene rings is 1. The summed E-state index contributed by atoms with van der Waals surface area (Å²) in [4.78, 5) is 0. The second kappa shape index (κ2) is 6.36. The Morgan fingerprint density at radius 2 is 1.85 bits per heavy atom. The second-order valence-corrected chi connectivity index (χ2v) is 6.45. The molecule has 0 saturated carbocycles. The van der Waals surface area contributed by atoms with Crippen molar-refractivity contribution >= 4 is 11.6 Å². The van der Waals surface area contributed by atoms with E-state index in [9.17, 15) is 0 Å². The quantitative estimate of drug-likeness (QED) is 0.678. The normalized spacial score (nSPS) is 22.9. The van der Waals surface area contributed by atoms with E-state index < -0.39 is 0 Å². The van der Waals surface area contributed by atoms with Gasteiger partial charge in [-0.3, -0.25) is 0 Å². The number of epoxide rings is 1. The predicted octanol–water partition coefficient (Wildman–Crippen LogP) is 5.14. The molecule has 0 radical (unpaired) electrons. The Morgan fingerprint density at radius 1 is 1.25 bits per heavy atom. The van der Waals surface area contributed by atoms with Gasteiger partial charge in [-0.15, -0.1) is 0 Å². The van der Waals surface area contributed by atoms with E-state index in [-0.39, 0.29) is 0 Å². The Labute approximate surface area is 127 Å². The van der Waals surface area contributed by atoms with Crippen LogP contribution in [-0.2, 0) is 4.74 Å². The van der Waals surface area contributed by atoms with Gasteiger partial charge in [0.25, 0.3) is 0 Å². The monoisotopic (exact) mass is 296 g/mol. The summed E-state index contributed by atoms with van der Waals surface area (Å²) in [5.74, 6) is 1.81. The highest BCUT2D eigenvalue weighted by atomic mass is 35.5. The minimum absolute atomic E-state index is 0.390. The van der Waals surface area contributed by atoms with E-state index >= 15 is 0 Å². The first kappa shape index (κ1) is 15.7. The molecule has 0 N–H and O–H groups in total. The number of rotatable bonds is 6. The van der Waals surface area contributed by atoms with Gasteiger partial charge >= 0.3 is 0 Å². The average Bonchev–Trinajstić information content (AvgIpc) is 3.06.